The van der Waals surface area contributed by atoms with Gasteiger partial charge >= 0.3 is 0 Å². The Kier molecular flexibility index (Phi) is 7.68. The number of likely N-dealkylation sites (tertiary alicyclic amines) is 1. The number of amides is 1. The topological polar surface area (TPSA) is 79.7 Å². The summed E-state index contributed by atoms with van der Waals surface area (Å²) in [6.07, 6.45) is 3.25. The Morgan fingerprint density at radius 2 is 1.74 bits per heavy atom. The molecule has 1 unspecified atom stereocenters. The number of aryl methyl sites for hydroxylation is 1. The second-order valence-electron chi connectivity index (χ2n) is 9.20. The van der Waals surface area contributed by atoms with Crippen molar-refractivity contribution in [1.29, 1.82) is 0 Å². The van der Waals surface area contributed by atoms with E-state index in [1.54, 1.807) is 60.9 Å². The maximum Gasteiger partial charge on any atom is 0.295 e. The van der Waals surface area contributed by atoms with Gasteiger partial charge in [0.2, 0.25) is 0 Å². The van der Waals surface area contributed by atoms with Gasteiger partial charge in [-0.3, -0.25) is 14.6 Å². The molecular formula is C31H24Cl2N2O4. The van der Waals surface area contributed by atoms with Crippen LogP contribution < -0.4 is 4.74 Å². The van der Waals surface area contributed by atoms with E-state index in [2.05, 4.69) is 4.98 Å². The molecule has 1 N–H and O–H groups in total. The molecule has 1 atom stereocenters. The minimum absolute atomic E-state index is 0.0316. The number of hydrogen-bond acceptors (Lipinski definition) is 5. The summed E-state index contributed by atoms with van der Waals surface area (Å²) in [7, 11) is 0. The number of hydrogen-bond donors (Lipinski definition) is 1. The highest BCUT2D eigenvalue weighted by Gasteiger charge is 2.46. The maximum absolute atomic E-state index is 13.3. The number of carbonyl (C=O) groups excluding carboxylic acids is 2. The number of aliphatic hydroxyl groups is 1. The van der Waals surface area contributed by atoms with Gasteiger partial charge in [0.25, 0.3) is 11.7 Å². The Morgan fingerprint density at radius 3 is 2.44 bits per heavy atom. The fourth-order valence-corrected chi connectivity index (χ4v) is 4.86. The van der Waals surface area contributed by atoms with Gasteiger partial charge in [0, 0.05) is 24.5 Å². The van der Waals surface area contributed by atoms with E-state index >= 15 is 0 Å². The number of halogens is 2. The summed E-state index contributed by atoms with van der Waals surface area (Å²) in [6.45, 7) is 2.54. The molecular weight excluding hydrogens is 535 g/mol. The molecule has 1 fully saturated rings. The molecule has 0 aliphatic carbocycles. The number of rotatable bonds is 7. The molecule has 0 bridgehead atoms. The lowest BCUT2D eigenvalue weighted by Gasteiger charge is -2.25. The largest absolute Gasteiger partial charge is 0.507 e. The second-order valence-corrected chi connectivity index (χ2v) is 10.0. The lowest BCUT2D eigenvalue weighted by molar-refractivity contribution is -0.140. The number of carbonyl (C=O) groups is 2. The van der Waals surface area contributed by atoms with Crippen LogP contribution in [0.25, 0.3) is 5.76 Å². The van der Waals surface area contributed by atoms with Crippen LogP contribution in [-0.4, -0.2) is 26.7 Å². The second kappa shape index (κ2) is 11.3. The fraction of sp³-hybridized carbons (Fsp3) is 0.129. The van der Waals surface area contributed by atoms with E-state index in [0.717, 1.165) is 16.7 Å². The van der Waals surface area contributed by atoms with Crippen LogP contribution in [0.5, 0.6) is 5.75 Å². The number of aliphatic hydroxyl groups excluding tert-OH is 1. The van der Waals surface area contributed by atoms with Crippen molar-refractivity contribution in [3.05, 3.63) is 135 Å². The van der Waals surface area contributed by atoms with Crippen LogP contribution >= 0.6 is 23.2 Å². The normalized spacial score (nSPS) is 16.5. The predicted octanol–water partition coefficient (Wildman–Crippen LogP) is 6.90. The van der Waals surface area contributed by atoms with Crippen molar-refractivity contribution in [2.75, 3.05) is 0 Å². The minimum atomic E-state index is -0.878. The summed E-state index contributed by atoms with van der Waals surface area (Å²) in [5.74, 6) is -1.20. The molecule has 3 aromatic carbocycles. The Morgan fingerprint density at radius 1 is 0.974 bits per heavy atom. The number of Topliss-reactive ketones (excluding diaryl/α,β-unsaturated/α-hetero) is 1. The van der Waals surface area contributed by atoms with Crippen LogP contribution in [0.4, 0.5) is 0 Å². The molecule has 1 aromatic heterocycles. The van der Waals surface area contributed by atoms with E-state index in [0.29, 0.717) is 28.5 Å². The molecule has 1 aliphatic heterocycles. The first-order valence-corrected chi connectivity index (χ1v) is 13.0. The van der Waals surface area contributed by atoms with E-state index in [9.17, 15) is 14.7 Å². The summed E-state index contributed by atoms with van der Waals surface area (Å²) in [6, 6.07) is 22.3. The van der Waals surface area contributed by atoms with Crippen molar-refractivity contribution in [1.82, 2.24) is 9.88 Å². The van der Waals surface area contributed by atoms with Crippen molar-refractivity contribution in [2.45, 2.75) is 26.1 Å². The number of pyridine rings is 1. The molecule has 1 saturated heterocycles. The van der Waals surface area contributed by atoms with Crippen LogP contribution in [0.1, 0.15) is 33.9 Å². The zero-order valence-electron chi connectivity index (χ0n) is 21.0. The first kappa shape index (κ1) is 26.5. The van der Waals surface area contributed by atoms with Crippen molar-refractivity contribution in [3.8, 4) is 5.75 Å². The molecule has 1 amide bonds. The number of ketones is 1. The summed E-state index contributed by atoms with van der Waals surface area (Å²) < 4.78 is 5.91. The zero-order chi connectivity index (χ0) is 27.5. The van der Waals surface area contributed by atoms with Gasteiger partial charge in [-0.15, -0.1) is 0 Å². The molecule has 5 rings (SSSR count). The van der Waals surface area contributed by atoms with Crippen LogP contribution in [0.2, 0.25) is 10.0 Å². The van der Waals surface area contributed by atoms with E-state index < -0.39 is 17.7 Å². The van der Waals surface area contributed by atoms with Crippen molar-refractivity contribution >= 4 is 40.7 Å². The maximum atomic E-state index is 13.3. The summed E-state index contributed by atoms with van der Waals surface area (Å²) >= 11 is 12.4. The standard InChI is InChI=1S/C31H24Cl2N2O4/c1-19-5-2-3-7-23(19)18-39-24-11-8-21(9-12-24)29(36)27-28(22-10-13-25(32)26(33)15-22)35(31(38)30(27)37)17-20-6-4-14-34-16-20/h2-16,28,36H,17-18H2,1H3. The highest BCUT2D eigenvalue weighted by Crippen LogP contribution is 2.41. The average molecular weight is 559 g/mol. The quantitative estimate of drug-likeness (QED) is 0.151. The van der Waals surface area contributed by atoms with Crippen molar-refractivity contribution in [3.63, 3.8) is 0 Å². The lowest BCUT2D eigenvalue weighted by Crippen LogP contribution is -2.29. The number of ether oxygens (including phenoxy) is 1. The summed E-state index contributed by atoms with van der Waals surface area (Å²) in [5, 5.41) is 12.0. The Bertz CT molecular complexity index is 1570. The first-order valence-electron chi connectivity index (χ1n) is 12.2. The van der Waals surface area contributed by atoms with Crippen LogP contribution in [0, 0.1) is 6.92 Å². The smallest absolute Gasteiger partial charge is 0.295 e. The Balaban J connectivity index is 1.49. The van der Waals surface area contributed by atoms with Gasteiger partial charge in [0.1, 0.15) is 18.1 Å². The average Bonchev–Trinajstić information content (AvgIpc) is 3.19. The SMILES string of the molecule is Cc1ccccc1COc1ccc(C(O)=C2C(=O)C(=O)N(Cc3cccnc3)C2c2ccc(Cl)c(Cl)c2)cc1. The van der Waals surface area contributed by atoms with Gasteiger partial charge < -0.3 is 14.7 Å². The van der Waals surface area contributed by atoms with E-state index in [1.165, 1.54) is 4.90 Å². The third-order valence-electron chi connectivity index (χ3n) is 6.66. The van der Waals surface area contributed by atoms with Crippen LogP contribution in [0.15, 0.2) is 96.8 Å². The molecule has 196 valence electrons. The molecule has 6 nitrogen and oxygen atoms in total. The van der Waals surface area contributed by atoms with Crippen molar-refractivity contribution in [2.24, 2.45) is 0 Å². The predicted molar refractivity (Wildman–Crippen MR) is 150 cm³/mol. The van der Waals surface area contributed by atoms with Gasteiger partial charge in [-0.25, -0.2) is 0 Å². The molecule has 4 aromatic rings. The van der Waals surface area contributed by atoms with E-state index in [1.807, 2.05) is 37.3 Å². The fourth-order valence-electron chi connectivity index (χ4n) is 4.56. The Labute approximate surface area is 236 Å². The molecule has 1 aliphatic rings. The lowest BCUT2D eigenvalue weighted by atomic mass is 9.95. The number of benzene rings is 3. The third kappa shape index (κ3) is 5.53. The summed E-state index contributed by atoms with van der Waals surface area (Å²) in [4.78, 5) is 32.0. The van der Waals surface area contributed by atoms with E-state index in [4.69, 9.17) is 27.9 Å². The molecule has 0 spiro atoms. The first-order chi connectivity index (χ1) is 18.8. The van der Waals surface area contributed by atoms with Gasteiger partial charge in [-0.2, -0.15) is 0 Å². The zero-order valence-corrected chi connectivity index (χ0v) is 22.5. The van der Waals surface area contributed by atoms with Crippen molar-refractivity contribution < 1.29 is 19.4 Å². The molecule has 0 saturated carbocycles. The summed E-state index contributed by atoms with van der Waals surface area (Å²) in [5.41, 5.74) is 3.83. The Hall–Kier alpha value is -4.13. The van der Waals surface area contributed by atoms with Gasteiger partial charge in [-0.05, 0) is 71.6 Å². The van der Waals surface area contributed by atoms with Crippen LogP contribution in [-0.2, 0) is 22.7 Å². The monoisotopic (exact) mass is 558 g/mol. The molecule has 2 heterocycles. The number of nitrogens with zero attached hydrogens (tertiary/aromatic N) is 2. The third-order valence-corrected chi connectivity index (χ3v) is 7.40. The van der Waals surface area contributed by atoms with E-state index in [-0.39, 0.29) is 22.9 Å². The number of aromatic nitrogens is 1. The molecule has 0 radical (unpaired) electrons. The molecule has 8 heteroatoms. The minimum Gasteiger partial charge on any atom is -0.507 e. The van der Waals surface area contributed by atoms with Gasteiger partial charge in [0.15, 0.2) is 0 Å². The highest BCUT2D eigenvalue weighted by molar-refractivity contribution is 6.46. The van der Waals surface area contributed by atoms with Crippen LogP contribution in [0.3, 0.4) is 0 Å². The van der Waals surface area contributed by atoms with Gasteiger partial charge in [0.05, 0.1) is 21.7 Å². The molecule has 39 heavy (non-hydrogen) atoms. The highest BCUT2D eigenvalue weighted by atomic mass is 35.5. The van der Waals surface area contributed by atoms with Gasteiger partial charge in [-0.1, -0.05) is 59.6 Å².